The van der Waals surface area contributed by atoms with E-state index in [2.05, 4.69) is 22.2 Å². The molecular weight excluding hydrogens is 228 g/mol. The monoisotopic (exact) mass is 254 g/mol. The van der Waals surface area contributed by atoms with Crippen molar-refractivity contribution in [3.05, 3.63) is 0 Å². The molecule has 2 rings (SSSR count). The van der Waals surface area contributed by atoms with E-state index < -0.39 is 0 Å². The summed E-state index contributed by atoms with van der Waals surface area (Å²) in [6.07, 6.45) is 2.25. The fourth-order valence-electron chi connectivity index (χ4n) is 2.64. The molecule has 0 radical (unpaired) electrons. The van der Waals surface area contributed by atoms with Crippen molar-refractivity contribution in [1.82, 2.24) is 20.0 Å². The van der Waals surface area contributed by atoms with Crippen LogP contribution in [0.3, 0.4) is 0 Å². The average Bonchev–Trinajstić information content (AvgIpc) is 2.72. The molecule has 0 spiro atoms. The normalized spacial score (nSPS) is 24.6. The Morgan fingerprint density at radius 1 is 1.00 bits per heavy atom. The first-order chi connectivity index (χ1) is 8.75. The molecule has 2 saturated heterocycles. The molecule has 2 fully saturated rings. The molecule has 0 unspecified atom stereocenters. The molecule has 18 heavy (non-hydrogen) atoms. The predicted octanol–water partition coefficient (Wildman–Crippen LogP) is -0.554. The number of carbonyl (C=O) groups is 1. The molecule has 5 nitrogen and oxygen atoms in total. The number of rotatable bonds is 2. The molecule has 0 saturated carbocycles. The molecule has 104 valence electrons. The van der Waals surface area contributed by atoms with E-state index in [1.807, 2.05) is 4.90 Å². The highest BCUT2D eigenvalue weighted by molar-refractivity contribution is 5.78. The summed E-state index contributed by atoms with van der Waals surface area (Å²) in [6.45, 7) is 8.68. The highest BCUT2D eigenvalue weighted by atomic mass is 16.2. The van der Waals surface area contributed by atoms with Gasteiger partial charge in [0.1, 0.15) is 0 Å². The quantitative estimate of drug-likeness (QED) is 0.717. The topological polar surface area (TPSA) is 38.8 Å². The van der Waals surface area contributed by atoms with E-state index >= 15 is 0 Å². The molecule has 0 aromatic carbocycles. The number of carbonyl (C=O) groups excluding carboxylic acids is 1. The second-order valence-corrected chi connectivity index (χ2v) is 5.42. The zero-order valence-electron chi connectivity index (χ0n) is 11.5. The summed E-state index contributed by atoms with van der Waals surface area (Å²) in [5, 5.41) is 3.34. The van der Waals surface area contributed by atoms with Crippen molar-refractivity contribution in [3.63, 3.8) is 0 Å². The SMILES string of the molecule is CN1CCCN(CC(=O)N2CCCNCC2)CC1. The van der Waals surface area contributed by atoms with Crippen molar-refractivity contribution >= 4 is 5.91 Å². The molecule has 1 amide bonds. The Morgan fingerprint density at radius 2 is 1.89 bits per heavy atom. The molecule has 0 aliphatic carbocycles. The van der Waals surface area contributed by atoms with Crippen LogP contribution in [0.15, 0.2) is 0 Å². The standard InChI is InChI=1S/C13H26N4O/c1-15-6-3-7-16(11-10-15)12-13(18)17-8-2-4-14-5-9-17/h14H,2-12H2,1H3. The Labute approximate surface area is 110 Å². The van der Waals surface area contributed by atoms with Crippen LogP contribution in [0.25, 0.3) is 0 Å². The van der Waals surface area contributed by atoms with Gasteiger partial charge >= 0.3 is 0 Å². The van der Waals surface area contributed by atoms with E-state index in [1.54, 1.807) is 0 Å². The van der Waals surface area contributed by atoms with Crippen LogP contribution in [0.5, 0.6) is 0 Å². The number of likely N-dealkylation sites (N-methyl/N-ethyl adjacent to an activating group) is 1. The third kappa shape index (κ3) is 4.23. The summed E-state index contributed by atoms with van der Waals surface area (Å²) < 4.78 is 0. The van der Waals surface area contributed by atoms with Crippen LogP contribution in [-0.2, 0) is 4.79 Å². The fourth-order valence-corrected chi connectivity index (χ4v) is 2.64. The Morgan fingerprint density at radius 3 is 2.78 bits per heavy atom. The van der Waals surface area contributed by atoms with Crippen molar-refractivity contribution in [2.75, 3.05) is 66.0 Å². The van der Waals surface area contributed by atoms with Crippen molar-refractivity contribution in [2.24, 2.45) is 0 Å². The lowest BCUT2D eigenvalue weighted by Gasteiger charge is -2.25. The first-order valence-electron chi connectivity index (χ1n) is 7.15. The number of nitrogens with one attached hydrogen (secondary N) is 1. The van der Waals surface area contributed by atoms with Gasteiger partial charge in [-0.1, -0.05) is 0 Å². The summed E-state index contributed by atoms with van der Waals surface area (Å²) in [4.78, 5) is 18.9. The Hall–Kier alpha value is -0.650. The lowest BCUT2D eigenvalue weighted by Crippen LogP contribution is -2.42. The maximum atomic E-state index is 12.3. The molecule has 0 atom stereocenters. The van der Waals surface area contributed by atoms with Gasteiger partial charge in [-0.15, -0.1) is 0 Å². The van der Waals surface area contributed by atoms with Gasteiger partial charge in [0.25, 0.3) is 0 Å². The van der Waals surface area contributed by atoms with Crippen molar-refractivity contribution in [3.8, 4) is 0 Å². The summed E-state index contributed by atoms with van der Waals surface area (Å²) in [5.41, 5.74) is 0. The number of hydrogen-bond donors (Lipinski definition) is 1. The van der Waals surface area contributed by atoms with E-state index in [0.29, 0.717) is 12.5 Å². The van der Waals surface area contributed by atoms with Gasteiger partial charge in [0.05, 0.1) is 6.54 Å². The minimum atomic E-state index is 0.309. The minimum Gasteiger partial charge on any atom is -0.340 e. The summed E-state index contributed by atoms with van der Waals surface area (Å²) >= 11 is 0. The summed E-state index contributed by atoms with van der Waals surface area (Å²) in [5.74, 6) is 0.309. The van der Waals surface area contributed by atoms with Crippen LogP contribution < -0.4 is 5.32 Å². The van der Waals surface area contributed by atoms with E-state index in [0.717, 1.165) is 58.8 Å². The van der Waals surface area contributed by atoms with E-state index in [9.17, 15) is 4.79 Å². The first kappa shape index (κ1) is 13.8. The zero-order valence-corrected chi connectivity index (χ0v) is 11.5. The largest absolute Gasteiger partial charge is 0.340 e. The Bertz CT molecular complexity index is 264. The number of hydrogen-bond acceptors (Lipinski definition) is 4. The number of nitrogens with zero attached hydrogens (tertiary/aromatic N) is 3. The van der Waals surface area contributed by atoms with Crippen LogP contribution in [0, 0.1) is 0 Å². The lowest BCUT2D eigenvalue weighted by molar-refractivity contribution is -0.132. The van der Waals surface area contributed by atoms with Gasteiger partial charge in [-0.25, -0.2) is 0 Å². The smallest absolute Gasteiger partial charge is 0.236 e. The van der Waals surface area contributed by atoms with E-state index in [-0.39, 0.29) is 0 Å². The maximum Gasteiger partial charge on any atom is 0.236 e. The third-order valence-electron chi connectivity index (χ3n) is 3.86. The average molecular weight is 254 g/mol. The van der Waals surface area contributed by atoms with Crippen LogP contribution in [0.2, 0.25) is 0 Å². The molecular formula is C13H26N4O. The molecule has 1 N–H and O–H groups in total. The highest BCUT2D eigenvalue weighted by Crippen LogP contribution is 2.03. The van der Waals surface area contributed by atoms with Gasteiger partial charge < -0.3 is 15.1 Å². The van der Waals surface area contributed by atoms with Crippen molar-refractivity contribution < 1.29 is 4.79 Å². The molecule has 2 aliphatic rings. The molecule has 2 aliphatic heterocycles. The number of amides is 1. The van der Waals surface area contributed by atoms with Crippen LogP contribution >= 0.6 is 0 Å². The van der Waals surface area contributed by atoms with E-state index in [4.69, 9.17) is 0 Å². The summed E-state index contributed by atoms with van der Waals surface area (Å²) in [6, 6.07) is 0. The van der Waals surface area contributed by atoms with Crippen molar-refractivity contribution in [1.29, 1.82) is 0 Å². The maximum absolute atomic E-state index is 12.3. The first-order valence-corrected chi connectivity index (χ1v) is 7.15. The van der Waals surface area contributed by atoms with Crippen LogP contribution in [-0.4, -0.2) is 86.6 Å². The van der Waals surface area contributed by atoms with Gasteiger partial charge in [0, 0.05) is 32.7 Å². The van der Waals surface area contributed by atoms with Crippen molar-refractivity contribution in [2.45, 2.75) is 12.8 Å². The van der Waals surface area contributed by atoms with Gasteiger partial charge in [0.2, 0.25) is 5.91 Å². The van der Waals surface area contributed by atoms with Gasteiger partial charge in [-0.2, -0.15) is 0 Å². The lowest BCUT2D eigenvalue weighted by atomic mass is 10.3. The van der Waals surface area contributed by atoms with Gasteiger partial charge in [-0.05, 0) is 39.5 Å². The highest BCUT2D eigenvalue weighted by Gasteiger charge is 2.19. The Kier molecular flexibility index (Phi) is 5.41. The van der Waals surface area contributed by atoms with Crippen LogP contribution in [0.1, 0.15) is 12.8 Å². The molecule has 5 heteroatoms. The molecule has 0 bridgehead atoms. The third-order valence-corrected chi connectivity index (χ3v) is 3.86. The molecule has 2 heterocycles. The zero-order chi connectivity index (χ0) is 12.8. The predicted molar refractivity (Wildman–Crippen MR) is 72.6 cm³/mol. The Balaban J connectivity index is 1.78. The molecule has 0 aromatic heterocycles. The second-order valence-electron chi connectivity index (χ2n) is 5.42. The fraction of sp³-hybridized carbons (Fsp3) is 0.923. The molecule has 0 aromatic rings. The summed E-state index contributed by atoms with van der Waals surface area (Å²) in [7, 11) is 2.16. The van der Waals surface area contributed by atoms with Gasteiger partial charge in [-0.3, -0.25) is 9.69 Å². The van der Waals surface area contributed by atoms with E-state index in [1.165, 1.54) is 6.42 Å². The minimum absolute atomic E-state index is 0.309. The van der Waals surface area contributed by atoms with Gasteiger partial charge in [0.15, 0.2) is 0 Å². The van der Waals surface area contributed by atoms with Crippen LogP contribution in [0.4, 0.5) is 0 Å². The second kappa shape index (κ2) is 7.07.